The molecule has 1 saturated heterocycles. The Morgan fingerprint density at radius 3 is 2.76 bits per heavy atom. The van der Waals surface area contributed by atoms with Crippen molar-refractivity contribution in [2.45, 2.75) is 70.3 Å². The molecule has 4 nitrogen and oxygen atoms in total. The standard InChI is InChI=1S/C20H31ClO4/c1-11(2)13(22)7-8-19(3)14-6-5-12-10-25-18(24)17(12)20(14,4)16(23)9-15(19)21/h5,13-18,22-24H,1,6-10H2,2-4H3. The molecule has 0 aromatic rings. The van der Waals surface area contributed by atoms with Gasteiger partial charge in [-0.3, -0.25) is 0 Å². The van der Waals surface area contributed by atoms with Crippen LogP contribution in [0.5, 0.6) is 0 Å². The van der Waals surface area contributed by atoms with Crippen molar-refractivity contribution in [2.75, 3.05) is 6.61 Å². The molecule has 2 fully saturated rings. The van der Waals surface area contributed by atoms with E-state index >= 15 is 0 Å². The average Bonchev–Trinajstić information content (AvgIpc) is 2.93. The van der Waals surface area contributed by atoms with Crippen molar-refractivity contribution in [2.24, 2.45) is 22.7 Å². The Bertz CT molecular complexity index is 576. The Balaban J connectivity index is 1.94. The molecule has 8 unspecified atom stereocenters. The van der Waals surface area contributed by atoms with E-state index in [-0.39, 0.29) is 22.6 Å². The van der Waals surface area contributed by atoms with Gasteiger partial charge in [0.05, 0.1) is 18.8 Å². The molecular weight excluding hydrogens is 340 g/mol. The van der Waals surface area contributed by atoms with Crippen molar-refractivity contribution in [1.82, 2.24) is 0 Å². The summed E-state index contributed by atoms with van der Waals surface area (Å²) in [6, 6.07) is 0. The van der Waals surface area contributed by atoms with Crippen LogP contribution in [0, 0.1) is 22.7 Å². The summed E-state index contributed by atoms with van der Waals surface area (Å²) in [5.74, 6) is -0.0653. The van der Waals surface area contributed by atoms with Crippen molar-refractivity contribution in [3.63, 3.8) is 0 Å². The Kier molecular flexibility index (Phi) is 5.15. The highest BCUT2D eigenvalue weighted by atomic mass is 35.5. The number of aliphatic hydroxyl groups is 3. The van der Waals surface area contributed by atoms with E-state index in [1.165, 1.54) is 0 Å². The van der Waals surface area contributed by atoms with Crippen LogP contribution in [-0.2, 0) is 4.74 Å². The van der Waals surface area contributed by atoms with E-state index in [4.69, 9.17) is 16.3 Å². The number of ether oxygens (including phenoxy) is 1. The van der Waals surface area contributed by atoms with Crippen LogP contribution in [0.3, 0.4) is 0 Å². The molecular formula is C20H31ClO4. The summed E-state index contributed by atoms with van der Waals surface area (Å²) in [5, 5.41) is 31.4. The highest BCUT2D eigenvalue weighted by Crippen LogP contribution is 2.64. The van der Waals surface area contributed by atoms with Crippen molar-refractivity contribution in [3.05, 3.63) is 23.8 Å². The number of alkyl halides is 1. The molecule has 2 aliphatic carbocycles. The molecule has 142 valence electrons. The maximum Gasteiger partial charge on any atom is 0.162 e. The first-order valence-electron chi connectivity index (χ1n) is 9.26. The summed E-state index contributed by atoms with van der Waals surface area (Å²) < 4.78 is 5.48. The van der Waals surface area contributed by atoms with Gasteiger partial charge in [-0.25, -0.2) is 0 Å². The van der Waals surface area contributed by atoms with Gasteiger partial charge in [-0.2, -0.15) is 0 Å². The second-order valence-electron chi connectivity index (χ2n) is 8.74. The lowest BCUT2D eigenvalue weighted by molar-refractivity contribution is -0.183. The monoisotopic (exact) mass is 370 g/mol. The maximum atomic E-state index is 11.0. The first-order chi connectivity index (χ1) is 11.6. The van der Waals surface area contributed by atoms with E-state index in [9.17, 15) is 15.3 Å². The molecule has 5 heteroatoms. The molecule has 0 spiro atoms. The zero-order valence-electron chi connectivity index (χ0n) is 15.4. The summed E-state index contributed by atoms with van der Waals surface area (Å²) in [6.45, 7) is 10.4. The van der Waals surface area contributed by atoms with Crippen LogP contribution in [0.25, 0.3) is 0 Å². The highest BCUT2D eigenvalue weighted by Gasteiger charge is 2.63. The van der Waals surface area contributed by atoms with Crippen LogP contribution in [0.2, 0.25) is 0 Å². The lowest BCUT2D eigenvalue weighted by atomic mass is 9.46. The third-order valence-corrected chi connectivity index (χ3v) is 8.00. The van der Waals surface area contributed by atoms with Crippen LogP contribution < -0.4 is 0 Å². The minimum atomic E-state index is -0.870. The second kappa shape index (κ2) is 6.65. The molecule has 3 N–H and O–H groups in total. The Labute approximate surface area is 155 Å². The van der Waals surface area contributed by atoms with E-state index in [2.05, 4.69) is 26.5 Å². The number of aliphatic hydroxyl groups excluding tert-OH is 3. The Morgan fingerprint density at radius 2 is 2.12 bits per heavy atom. The fourth-order valence-corrected chi connectivity index (χ4v) is 5.99. The molecule has 1 aliphatic heterocycles. The first-order valence-corrected chi connectivity index (χ1v) is 9.70. The van der Waals surface area contributed by atoms with Gasteiger partial charge in [-0.1, -0.05) is 32.1 Å². The topological polar surface area (TPSA) is 69.9 Å². The molecule has 0 bridgehead atoms. The number of halogens is 1. The van der Waals surface area contributed by atoms with Crippen molar-refractivity contribution < 1.29 is 20.1 Å². The SMILES string of the molecule is C=C(C)C(O)CCC1(C)C(Cl)CC(O)C2(C)C3C(=CCC12)COC3O. The minimum Gasteiger partial charge on any atom is -0.392 e. The lowest BCUT2D eigenvalue weighted by Gasteiger charge is -2.60. The van der Waals surface area contributed by atoms with Gasteiger partial charge < -0.3 is 20.1 Å². The Morgan fingerprint density at radius 1 is 1.44 bits per heavy atom. The average molecular weight is 371 g/mol. The van der Waals surface area contributed by atoms with Gasteiger partial charge in [-0.05, 0) is 49.5 Å². The van der Waals surface area contributed by atoms with Crippen LogP contribution >= 0.6 is 11.6 Å². The molecule has 0 amide bonds. The minimum absolute atomic E-state index is 0.119. The lowest BCUT2D eigenvalue weighted by Crippen LogP contribution is -2.61. The van der Waals surface area contributed by atoms with Crippen LogP contribution in [0.4, 0.5) is 0 Å². The third kappa shape index (κ3) is 2.90. The van der Waals surface area contributed by atoms with Gasteiger partial charge in [0.15, 0.2) is 6.29 Å². The second-order valence-corrected chi connectivity index (χ2v) is 9.27. The smallest absolute Gasteiger partial charge is 0.162 e. The molecule has 0 aromatic carbocycles. The van der Waals surface area contributed by atoms with E-state index < -0.39 is 23.9 Å². The van der Waals surface area contributed by atoms with Gasteiger partial charge >= 0.3 is 0 Å². The van der Waals surface area contributed by atoms with Gasteiger partial charge in [0.2, 0.25) is 0 Å². The number of hydrogen-bond acceptors (Lipinski definition) is 4. The maximum absolute atomic E-state index is 11.0. The van der Waals surface area contributed by atoms with E-state index in [1.54, 1.807) is 0 Å². The van der Waals surface area contributed by atoms with Crippen molar-refractivity contribution >= 4 is 11.6 Å². The summed E-state index contributed by atoms with van der Waals surface area (Å²) in [6.07, 6.45) is 2.86. The number of allylic oxidation sites excluding steroid dienone is 1. The quantitative estimate of drug-likeness (QED) is 0.525. The third-order valence-electron chi connectivity index (χ3n) is 7.33. The predicted molar refractivity (Wildman–Crippen MR) is 98.2 cm³/mol. The van der Waals surface area contributed by atoms with Crippen molar-refractivity contribution in [3.8, 4) is 0 Å². The molecule has 0 radical (unpaired) electrons. The summed E-state index contributed by atoms with van der Waals surface area (Å²) in [4.78, 5) is 0. The van der Waals surface area contributed by atoms with E-state index in [0.717, 1.165) is 24.0 Å². The number of hydrogen-bond donors (Lipinski definition) is 3. The van der Waals surface area contributed by atoms with Gasteiger partial charge in [-0.15, -0.1) is 11.6 Å². The molecule has 8 atom stereocenters. The molecule has 0 aromatic heterocycles. The fourth-order valence-electron chi connectivity index (χ4n) is 5.56. The summed E-state index contributed by atoms with van der Waals surface area (Å²) in [5.41, 5.74) is 1.14. The molecule has 1 saturated carbocycles. The predicted octanol–water partition coefficient (Wildman–Crippen LogP) is 3.00. The zero-order chi connectivity index (χ0) is 18.6. The molecule has 25 heavy (non-hydrogen) atoms. The van der Waals surface area contributed by atoms with E-state index in [1.807, 2.05) is 6.92 Å². The molecule has 3 aliphatic rings. The Hall–Kier alpha value is -0.390. The van der Waals surface area contributed by atoms with Crippen molar-refractivity contribution in [1.29, 1.82) is 0 Å². The normalized spacial score (nSPS) is 47.6. The first kappa shape index (κ1) is 19.4. The van der Waals surface area contributed by atoms with Crippen LogP contribution in [-0.4, -0.2) is 45.8 Å². The van der Waals surface area contributed by atoms with E-state index in [0.29, 0.717) is 19.4 Å². The highest BCUT2D eigenvalue weighted by molar-refractivity contribution is 6.21. The number of fused-ring (bicyclic) bond motifs is 3. The molecule has 1 heterocycles. The number of rotatable bonds is 4. The van der Waals surface area contributed by atoms with Crippen LogP contribution in [0.15, 0.2) is 23.8 Å². The largest absolute Gasteiger partial charge is 0.392 e. The fraction of sp³-hybridized carbons (Fsp3) is 0.800. The van der Waals surface area contributed by atoms with Gasteiger partial charge in [0, 0.05) is 16.7 Å². The van der Waals surface area contributed by atoms with Gasteiger partial charge in [0.1, 0.15) is 0 Å². The zero-order valence-corrected chi connectivity index (χ0v) is 16.2. The molecule has 3 rings (SSSR count). The summed E-state index contributed by atoms with van der Waals surface area (Å²) in [7, 11) is 0. The van der Waals surface area contributed by atoms with Gasteiger partial charge in [0.25, 0.3) is 0 Å². The van der Waals surface area contributed by atoms with Crippen LogP contribution in [0.1, 0.15) is 46.5 Å². The summed E-state index contributed by atoms with van der Waals surface area (Å²) >= 11 is 6.76.